The Morgan fingerprint density at radius 2 is 2.26 bits per heavy atom. The molecule has 1 aliphatic heterocycles. The summed E-state index contributed by atoms with van der Waals surface area (Å²) >= 11 is 14.0. The molecule has 2 N–H and O–H groups in total. The Kier molecular flexibility index (Phi) is 3.94. The third kappa shape index (κ3) is 2.87. The van der Waals surface area contributed by atoms with Crippen LogP contribution in [0.5, 0.6) is 0 Å². The van der Waals surface area contributed by atoms with Crippen LogP contribution in [0.25, 0.3) is 0 Å². The maximum atomic E-state index is 12.0. The Morgan fingerprint density at radius 3 is 3.00 bits per heavy atom. The largest absolute Gasteiger partial charge is 0.351 e. The van der Waals surface area contributed by atoms with Gasteiger partial charge in [-0.05, 0) is 18.1 Å². The van der Waals surface area contributed by atoms with E-state index in [-0.39, 0.29) is 18.0 Å². The third-order valence-electron chi connectivity index (χ3n) is 3.53. The number of amides is 1. The summed E-state index contributed by atoms with van der Waals surface area (Å²) in [4.78, 5) is 12.0. The Hall–Kier alpha value is -0.420. The molecule has 1 heterocycles. The molecule has 1 saturated heterocycles. The quantitative estimate of drug-likeness (QED) is 0.900. The van der Waals surface area contributed by atoms with Crippen molar-refractivity contribution < 1.29 is 4.79 Å². The van der Waals surface area contributed by atoms with E-state index < -0.39 is 0 Å². The molecule has 1 amide bonds. The molecule has 1 saturated carbocycles. The van der Waals surface area contributed by atoms with E-state index in [9.17, 15) is 4.79 Å². The molecule has 2 fully saturated rings. The average Bonchev–Trinajstić information content (AvgIpc) is 2.93. The van der Waals surface area contributed by atoms with E-state index >= 15 is 0 Å². The second kappa shape index (κ2) is 5.52. The van der Waals surface area contributed by atoms with E-state index in [1.54, 1.807) is 17.8 Å². The summed E-state index contributed by atoms with van der Waals surface area (Å²) in [6.45, 7) is 0. The SMILES string of the molecule is O=C(N[C@@H]1C[C@@H]1c1cccc(Cl)c1Cl)[C@H]1CSCN1. The van der Waals surface area contributed by atoms with E-state index in [4.69, 9.17) is 23.2 Å². The zero-order valence-electron chi connectivity index (χ0n) is 10.2. The fourth-order valence-corrected chi connectivity index (χ4v) is 3.74. The first-order chi connectivity index (χ1) is 9.16. The van der Waals surface area contributed by atoms with Gasteiger partial charge < -0.3 is 5.32 Å². The molecule has 0 radical (unpaired) electrons. The van der Waals surface area contributed by atoms with Gasteiger partial charge in [0, 0.05) is 23.6 Å². The molecule has 1 aromatic rings. The minimum Gasteiger partial charge on any atom is -0.351 e. The van der Waals surface area contributed by atoms with Gasteiger partial charge in [0.05, 0.1) is 16.1 Å². The summed E-state index contributed by atoms with van der Waals surface area (Å²) in [6, 6.07) is 5.80. The van der Waals surface area contributed by atoms with Crippen LogP contribution < -0.4 is 10.6 Å². The second-order valence-electron chi connectivity index (χ2n) is 4.87. The van der Waals surface area contributed by atoms with Crippen molar-refractivity contribution in [3.8, 4) is 0 Å². The van der Waals surface area contributed by atoms with Crippen LogP contribution in [0.15, 0.2) is 18.2 Å². The molecule has 0 aromatic heterocycles. The van der Waals surface area contributed by atoms with Crippen LogP contribution in [0.1, 0.15) is 17.9 Å². The third-order valence-corrected chi connectivity index (χ3v) is 5.31. The Balaban J connectivity index is 1.61. The molecular formula is C13H14Cl2N2OS. The number of benzene rings is 1. The first-order valence-corrected chi connectivity index (χ1v) is 8.13. The number of carbonyl (C=O) groups is 1. The van der Waals surface area contributed by atoms with Gasteiger partial charge in [0.1, 0.15) is 0 Å². The van der Waals surface area contributed by atoms with Gasteiger partial charge >= 0.3 is 0 Å². The molecule has 0 bridgehead atoms. The molecular weight excluding hydrogens is 303 g/mol. The summed E-state index contributed by atoms with van der Waals surface area (Å²) in [6.07, 6.45) is 0.936. The number of thioether (sulfide) groups is 1. The molecule has 0 spiro atoms. The van der Waals surface area contributed by atoms with Crippen molar-refractivity contribution in [2.24, 2.45) is 0 Å². The highest BCUT2D eigenvalue weighted by atomic mass is 35.5. The van der Waals surface area contributed by atoms with Crippen molar-refractivity contribution in [1.29, 1.82) is 0 Å². The van der Waals surface area contributed by atoms with Crippen LogP contribution in [0.4, 0.5) is 0 Å². The first-order valence-electron chi connectivity index (χ1n) is 6.22. The van der Waals surface area contributed by atoms with Crippen molar-refractivity contribution in [2.75, 3.05) is 11.6 Å². The highest BCUT2D eigenvalue weighted by Crippen LogP contribution is 2.45. The lowest BCUT2D eigenvalue weighted by Crippen LogP contribution is -2.43. The van der Waals surface area contributed by atoms with Crippen LogP contribution in [0.3, 0.4) is 0 Å². The Bertz CT molecular complexity index is 505. The Morgan fingerprint density at radius 1 is 1.42 bits per heavy atom. The zero-order valence-corrected chi connectivity index (χ0v) is 12.5. The topological polar surface area (TPSA) is 41.1 Å². The molecule has 19 heavy (non-hydrogen) atoms. The lowest BCUT2D eigenvalue weighted by molar-refractivity contribution is -0.122. The van der Waals surface area contributed by atoms with Gasteiger partial charge in [-0.25, -0.2) is 0 Å². The lowest BCUT2D eigenvalue weighted by Gasteiger charge is -2.11. The molecule has 1 aliphatic carbocycles. The summed E-state index contributed by atoms with van der Waals surface area (Å²) < 4.78 is 0. The van der Waals surface area contributed by atoms with Crippen molar-refractivity contribution in [2.45, 2.75) is 24.4 Å². The van der Waals surface area contributed by atoms with Crippen LogP contribution in [-0.4, -0.2) is 29.6 Å². The van der Waals surface area contributed by atoms with Crippen LogP contribution in [0, 0.1) is 0 Å². The number of hydrogen-bond acceptors (Lipinski definition) is 3. The van der Waals surface area contributed by atoms with Crippen molar-refractivity contribution in [1.82, 2.24) is 10.6 Å². The van der Waals surface area contributed by atoms with Gasteiger partial charge in [-0.1, -0.05) is 35.3 Å². The van der Waals surface area contributed by atoms with Crippen molar-refractivity contribution >= 4 is 40.9 Å². The van der Waals surface area contributed by atoms with Gasteiger partial charge in [0.2, 0.25) is 5.91 Å². The lowest BCUT2D eigenvalue weighted by atomic mass is 10.1. The molecule has 3 atom stereocenters. The zero-order chi connectivity index (χ0) is 13.4. The van der Waals surface area contributed by atoms with E-state index in [2.05, 4.69) is 10.6 Å². The summed E-state index contributed by atoms with van der Waals surface area (Å²) in [7, 11) is 0. The normalized spacial score (nSPS) is 29.3. The number of carbonyl (C=O) groups excluding carboxylic acids is 1. The maximum absolute atomic E-state index is 12.0. The molecule has 1 aromatic carbocycles. The summed E-state index contributed by atoms with van der Waals surface area (Å²) in [5.74, 6) is 2.09. The monoisotopic (exact) mass is 316 g/mol. The first kappa shape index (κ1) is 13.6. The molecule has 102 valence electrons. The number of hydrogen-bond donors (Lipinski definition) is 2. The predicted octanol–water partition coefficient (Wildman–Crippen LogP) is 2.63. The molecule has 0 unspecified atom stereocenters. The van der Waals surface area contributed by atoms with Crippen LogP contribution in [-0.2, 0) is 4.79 Å². The summed E-state index contributed by atoms with van der Waals surface area (Å²) in [5.41, 5.74) is 1.04. The van der Waals surface area contributed by atoms with E-state index in [0.29, 0.717) is 16.0 Å². The molecule has 3 nitrogen and oxygen atoms in total. The highest BCUT2D eigenvalue weighted by Gasteiger charge is 2.42. The van der Waals surface area contributed by atoms with Gasteiger partial charge in [0.25, 0.3) is 0 Å². The van der Waals surface area contributed by atoms with Gasteiger partial charge in [-0.15, -0.1) is 11.8 Å². The van der Waals surface area contributed by atoms with Crippen molar-refractivity contribution in [3.63, 3.8) is 0 Å². The highest BCUT2D eigenvalue weighted by molar-refractivity contribution is 7.99. The van der Waals surface area contributed by atoms with E-state index in [1.807, 2.05) is 12.1 Å². The van der Waals surface area contributed by atoms with Crippen LogP contribution >= 0.6 is 35.0 Å². The van der Waals surface area contributed by atoms with E-state index in [0.717, 1.165) is 23.6 Å². The van der Waals surface area contributed by atoms with Gasteiger partial charge in [-0.3, -0.25) is 10.1 Å². The van der Waals surface area contributed by atoms with Crippen molar-refractivity contribution in [3.05, 3.63) is 33.8 Å². The summed E-state index contributed by atoms with van der Waals surface area (Å²) in [5, 5.41) is 7.43. The minimum atomic E-state index is -0.0546. The number of halogens is 2. The molecule has 6 heteroatoms. The molecule has 3 rings (SSSR count). The molecule has 2 aliphatic rings. The average molecular weight is 317 g/mol. The van der Waals surface area contributed by atoms with Crippen LogP contribution in [0.2, 0.25) is 10.0 Å². The number of nitrogens with one attached hydrogen (secondary N) is 2. The Labute approximate surface area is 126 Å². The minimum absolute atomic E-state index is 0.0546. The smallest absolute Gasteiger partial charge is 0.238 e. The maximum Gasteiger partial charge on any atom is 0.238 e. The van der Waals surface area contributed by atoms with Gasteiger partial charge in [0.15, 0.2) is 0 Å². The second-order valence-corrected chi connectivity index (χ2v) is 6.69. The fourth-order valence-electron chi connectivity index (χ4n) is 2.35. The number of rotatable bonds is 3. The van der Waals surface area contributed by atoms with E-state index in [1.165, 1.54) is 0 Å². The fraction of sp³-hybridized carbons (Fsp3) is 0.462. The standard InChI is InChI=1S/C13H14Cl2N2OS/c14-9-3-1-2-7(12(9)15)8-4-10(8)17-13(18)11-5-19-6-16-11/h1-3,8,10-11,16H,4-6H2,(H,17,18)/t8-,10-,11-/m1/s1. The van der Waals surface area contributed by atoms with Gasteiger partial charge in [-0.2, -0.15) is 0 Å². The predicted molar refractivity (Wildman–Crippen MR) is 80.0 cm³/mol.